The van der Waals surface area contributed by atoms with E-state index in [4.69, 9.17) is 9.47 Å². The van der Waals surface area contributed by atoms with Gasteiger partial charge in [0.05, 0.1) is 6.54 Å². The molecule has 3 heteroatoms. The first-order valence-corrected chi connectivity index (χ1v) is 5.04. The Hall–Kier alpha value is -0.120. The Labute approximate surface area is 80.8 Å². The Balaban J connectivity index is 2.09. The molecular formula is C10H20NO2. The summed E-state index contributed by atoms with van der Waals surface area (Å²) in [5.41, 5.74) is 0. The standard InChI is InChI=1S/C10H20NO2/c1-12-10(13-2)8-11-9-6-4-3-5-7-9/h9,11H,3-8H2,1-2H3. The molecule has 0 aromatic carbocycles. The molecule has 0 spiro atoms. The highest BCUT2D eigenvalue weighted by Gasteiger charge is 2.15. The van der Waals surface area contributed by atoms with E-state index in [1.54, 1.807) is 14.2 Å². The maximum absolute atomic E-state index is 5.02. The summed E-state index contributed by atoms with van der Waals surface area (Å²) >= 11 is 0. The number of nitrogens with one attached hydrogen (secondary N) is 1. The van der Waals surface area contributed by atoms with E-state index in [2.05, 4.69) is 5.32 Å². The third kappa shape index (κ3) is 4.07. The third-order valence-electron chi connectivity index (χ3n) is 2.60. The van der Waals surface area contributed by atoms with Gasteiger partial charge in [-0.15, -0.1) is 0 Å². The minimum Gasteiger partial charge on any atom is -0.348 e. The Bertz CT molecular complexity index is 120. The van der Waals surface area contributed by atoms with E-state index in [9.17, 15) is 0 Å². The van der Waals surface area contributed by atoms with Crippen molar-refractivity contribution in [3.63, 3.8) is 0 Å². The van der Waals surface area contributed by atoms with Crippen LogP contribution in [0.15, 0.2) is 0 Å². The molecule has 0 unspecified atom stereocenters. The Morgan fingerprint density at radius 2 is 1.77 bits per heavy atom. The van der Waals surface area contributed by atoms with Crippen molar-refractivity contribution >= 4 is 0 Å². The predicted octanol–water partition coefficient (Wildman–Crippen LogP) is 1.69. The smallest absolute Gasteiger partial charge is 0.237 e. The van der Waals surface area contributed by atoms with Crippen molar-refractivity contribution in [2.75, 3.05) is 20.8 Å². The zero-order chi connectivity index (χ0) is 9.52. The topological polar surface area (TPSA) is 30.5 Å². The highest BCUT2D eigenvalue weighted by Crippen LogP contribution is 2.17. The molecule has 0 heterocycles. The molecule has 1 radical (unpaired) electrons. The number of methoxy groups -OCH3 is 2. The quantitative estimate of drug-likeness (QED) is 0.708. The van der Waals surface area contributed by atoms with E-state index < -0.39 is 0 Å². The molecule has 13 heavy (non-hydrogen) atoms. The molecule has 1 aliphatic rings. The highest BCUT2D eigenvalue weighted by atomic mass is 16.7. The van der Waals surface area contributed by atoms with E-state index in [1.165, 1.54) is 32.1 Å². The van der Waals surface area contributed by atoms with E-state index >= 15 is 0 Å². The molecule has 0 bridgehead atoms. The van der Waals surface area contributed by atoms with Gasteiger partial charge in [0.15, 0.2) is 0 Å². The summed E-state index contributed by atoms with van der Waals surface area (Å²) in [5, 5.41) is 3.44. The van der Waals surface area contributed by atoms with Crippen LogP contribution in [-0.4, -0.2) is 26.8 Å². The first-order valence-electron chi connectivity index (χ1n) is 5.04. The summed E-state index contributed by atoms with van der Waals surface area (Å²) < 4.78 is 10.0. The van der Waals surface area contributed by atoms with E-state index in [0.717, 1.165) is 6.54 Å². The SMILES string of the molecule is CO[C](CNC1CCCCC1)OC. The number of rotatable bonds is 5. The lowest BCUT2D eigenvalue weighted by atomic mass is 9.95. The molecule has 0 aromatic rings. The van der Waals surface area contributed by atoms with Crippen LogP contribution in [-0.2, 0) is 9.47 Å². The van der Waals surface area contributed by atoms with Crippen molar-refractivity contribution in [3.8, 4) is 0 Å². The normalized spacial score (nSPS) is 19.6. The molecule has 3 nitrogen and oxygen atoms in total. The van der Waals surface area contributed by atoms with Crippen LogP contribution in [0.5, 0.6) is 0 Å². The van der Waals surface area contributed by atoms with Crippen LogP contribution in [0.2, 0.25) is 0 Å². The summed E-state index contributed by atoms with van der Waals surface area (Å²) in [6.45, 7) is 0.720. The summed E-state index contributed by atoms with van der Waals surface area (Å²) in [6.07, 6.45) is 7.36. The maximum atomic E-state index is 5.02. The first-order chi connectivity index (χ1) is 6.36. The van der Waals surface area contributed by atoms with Crippen LogP contribution < -0.4 is 5.32 Å². The van der Waals surface area contributed by atoms with Crippen molar-refractivity contribution in [2.24, 2.45) is 0 Å². The van der Waals surface area contributed by atoms with Gasteiger partial charge in [-0.05, 0) is 12.8 Å². The second kappa shape index (κ2) is 6.35. The van der Waals surface area contributed by atoms with Crippen LogP contribution in [0.1, 0.15) is 32.1 Å². The van der Waals surface area contributed by atoms with Gasteiger partial charge in [-0.3, -0.25) is 0 Å². The van der Waals surface area contributed by atoms with Gasteiger partial charge in [-0.1, -0.05) is 19.3 Å². The van der Waals surface area contributed by atoms with Gasteiger partial charge in [0, 0.05) is 20.3 Å². The van der Waals surface area contributed by atoms with Crippen molar-refractivity contribution in [1.82, 2.24) is 5.32 Å². The van der Waals surface area contributed by atoms with Gasteiger partial charge in [-0.2, -0.15) is 0 Å². The summed E-state index contributed by atoms with van der Waals surface area (Å²) in [6, 6.07) is 0.661. The fourth-order valence-corrected chi connectivity index (χ4v) is 1.76. The lowest BCUT2D eigenvalue weighted by molar-refractivity contribution is 0.000941. The van der Waals surface area contributed by atoms with Gasteiger partial charge in [0.25, 0.3) is 0 Å². The third-order valence-corrected chi connectivity index (χ3v) is 2.60. The number of ether oxygens (including phenoxy) is 2. The molecule has 77 valence electrons. The first kappa shape index (κ1) is 11.0. The Morgan fingerprint density at radius 3 is 2.31 bits per heavy atom. The van der Waals surface area contributed by atoms with Gasteiger partial charge < -0.3 is 14.8 Å². The number of hydrogen-bond acceptors (Lipinski definition) is 3. The zero-order valence-electron chi connectivity index (χ0n) is 8.64. The maximum Gasteiger partial charge on any atom is 0.237 e. The molecule has 0 saturated heterocycles. The summed E-state index contributed by atoms with van der Waals surface area (Å²) in [7, 11) is 3.28. The Morgan fingerprint density at radius 1 is 1.15 bits per heavy atom. The molecule has 1 aliphatic carbocycles. The fourth-order valence-electron chi connectivity index (χ4n) is 1.76. The number of hydrogen-bond donors (Lipinski definition) is 1. The van der Waals surface area contributed by atoms with Crippen LogP contribution in [0, 0.1) is 6.29 Å². The second-order valence-electron chi connectivity index (χ2n) is 3.50. The molecule has 0 amide bonds. The van der Waals surface area contributed by atoms with Gasteiger partial charge >= 0.3 is 0 Å². The molecule has 1 saturated carbocycles. The lowest BCUT2D eigenvalue weighted by Crippen LogP contribution is -2.35. The summed E-state index contributed by atoms with van der Waals surface area (Å²) in [5.74, 6) is 0. The molecule has 1 rings (SSSR count). The van der Waals surface area contributed by atoms with Crippen LogP contribution in [0.3, 0.4) is 0 Å². The van der Waals surface area contributed by atoms with E-state index in [1.807, 2.05) is 0 Å². The lowest BCUT2D eigenvalue weighted by Gasteiger charge is -2.24. The predicted molar refractivity (Wildman–Crippen MR) is 52.1 cm³/mol. The van der Waals surface area contributed by atoms with Gasteiger partial charge in [0.1, 0.15) is 0 Å². The van der Waals surface area contributed by atoms with Crippen molar-refractivity contribution < 1.29 is 9.47 Å². The van der Waals surface area contributed by atoms with E-state index in [0.29, 0.717) is 12.3 Å². The van der Waals surface area contributed by atoms with Crippen molar-refractivity contribution in [2.45, 2.75) is 38.1 Å². The van der Waals surface area contributed by atoms with E-state index in [-0.39, 0.29) is 0 Å². The second-order valence-corrected chi connectivity index (χ2v) is 3.50. The average Bonchev–Trinajstić information content (AvgIpc) is 2.21. The molecule has 0 aromatic heterocycles. The van der Waals surface area contributed by atoms with Gasteiger partial charge in [0.2, 0.25) is 6.29 Å². The molecule has 1 N–H and O–H groups in total. The minimum absolute atomic E-state index is 0.661. The molecule has 0 atom stereocenters. The minimum atomic E-state index is 0.661. The largest absolute Gasteiger partial charge is 0.348 e. The highest BCUT2D eigenvalue weighted by molar-refractivity contribution is 4.76. The Kier molecular flexibility index (Phi) is 5.35. The fraction of sp³-hybridized carbons (Fsp3) is 0.900. The average molecular weight is 186 g/mol. The summed E-state index contributed by atoms with van der Waals surface area (Å²) in [4.78, 5) is 0. The van der Waals surface area contributed by atoms with Crippen molar-refractivity contribution in [1.29, 1.82) is 0 Å². The van der Waals surface area contributed by atoms with Crippen LogP contribution >= 0.6 is 0 Å². The van der Waals surface area contributed by atoms with Crippen molar-refractivity contribution in [3.05, 3.63) is 6.29 Å². The van der Waals surface area contributed by atoms with Gasteiger partial charge in [-0.25, -0.2) is 0 Å². The monoisotopic (exact) mass is 186 g/mol. The molecule has 1 fully saturated rings. The molecular weight excluding hydrogens is 166 g/mol. The molecule has 0 aliphatic heterocycles. The zero-order valence-corrected chi connectivity index (χ0v) is 8.64. The van der Waals surface area contributed by atoms with Crippen LogP contribution in [0.25, 0.3) is 0 Å². The van der Waals surface area contributed by atoms with Crippen LogP contribution in [0.4, 0.5) is 0 Å².